The molecular weight excluding hydrogens is 267 g/mol. The molecule has 2 nitrogen and oxygen atoms in total. The second kappa shape index (κ2) is 8.00. The summed E-state index contributed by atoms with van der Waals surface area (Å²) in [5.41, 5.74) is 7.19. The van der Waals surface area contributed by atoms with Crippen LogP contribution in [0.3, 0.4) is 0 Å². The Bertz CT molecular complexity index is 365. The van der Waals surface area contributed by atoms with Crippen LogP contribution in [0.1, 0.15) is 25.8 Å². The summed E-state index contributed by atoms with van der Waals surface area (Å²) in [5.74, 6) is 0. The Morgan fingerprint density at radius 3 is 2.50 bits per heavy atom. The minimum Gasteiger partial charge on any atom is -0.327 e. The molecule has 1 aromatic carbocycles. The van der Waals surface area contributed by atoms with Crippen LogP contribution in [0.15, 0.2) is 18.2 Å². The number of hydrogen-bond donors (Lipinski definition) is 1. The third kappa shape index (κ3) is 5.15. The van der Waals surface area contributed by atoms with Crippen LogP contribution in [-0.2, 0) is 6.42 Å². The first-order valence-corrected chi connectivity index (χ1v) is 7.24. The molecule has 0 aliphatic heterocycles. The first kappa shape index (κ1) is 15.8. The lowest BCUT2D eigenvalue weighted by Crippen LogP contribution is -2.31. The fourth-order valence-corrected chi connectivity index (χ4v) is 2.36. The van der Waals surface area contributed by atoms with Gasteiger partial charge in [-0.15, -0.1) is 0 Å². The van der Waals surface area contributed by atoms with Gasteiger partial charge in [-0.1, -0.05) is 37.0 Å². The van der Waals surface area contributed by atoms with Crippen molar-refractivity contribution in [2.24, 2.45) is 5.73 Å². The van der Waals surface area contributed by atoms with Crippen molar-refractivity contribution in [2.45, 2.75) is 32.7 Å². The van der Waals surface area contributed by atoms with Gasteiger partial charge < -0.3 is 10.6 Å². The third-order valence-corrected chi connectivity index (χ3v) is 3.80. The van der Waals surface area contributed by atoms with E-state index >= 15 is 0 Å². The van der Waals surface area contributed by atoms with Gasteiger partial charge in [0, 0.05) is 16.1 Å². The van der Waals surface area contributed by atoms with Crippen LogP contribution in [0.25, 0.3) is 0 Å². The minimum absolute atomic E-state index is 0.126. The molecule has 0 amide bonds. The molecule has 0 bridgehead atoms. The smallest absolute Gasteiger partial charge is 0.0439 e. The van der Waals surface area contributed by atoms with E-state index in [1.165, 1.54) is 0 Å². The monoisotopic (exact) mass is 288 g/mol. The van der Waals surface area contributed by atoms with Crippen LogP contribution in [-0.4, -0.2) is 30.6 Å². The predicted molar refractivity (Wildman–Crippen MR) is 80.5 cm³/mol. The molecule has 1 rings (SSSR count). The molecule has 0 aliphatic carbocycles. The van der Waals surface area contributed by atoms with E-state index < -0.39 is 0 Å². The molecule has 4 heteroatoms. The van der Waals surface area contributed by atoms with E-state index in [9.17, 15) is 0 Å². The van der Waals surface area contributed by atoms with Crippen molar-refractivity contribution < 1.29 is 0 Å². The van der Waals surface area contributed by atoms with Gasteiger partial charge in [-0.2, -0.15) is 0 Å². The Morgan fingerprint density at radius 1 is 1.22 bits per heavy atom. The fraction of sp³-hybridized carbons (Fsp3) is 0.571. The topological polar surface area (TPSA) is 29.3 Å². The zero-order valence-electron chi connectivity index (χ0n) is 11.1. The zero-order chi connectivity index (χ0) is 13.5. The Kier molecular flexibility index (Phi) is 7.02. The first-order valence-electron chi connectivity index (χ1n) is 6.48. The highest BCUT2D eigenvalue weighted by atomic mass is 35.5. The zero-order valence-corrected chi connectivity index (χ0v) is 12.6. The second-order valence-electron chi connectivity index (χ2n) is 4.52. The number of hydrogen-bond acceptors (Lipinski definition) is 2. The molecule has 0 saturated heterocycles. The Balaban J connectivity index is 2.48. The van der Waals surface area contributed by atoms with E-state index in [-0.39, 0.29) is 6.04 Å². The highest BCUT2D eigenvalue weighted by molar-refractivity contribution is 6.33. The van der Waals surface area contributed by atoms with Crippen molar-refractivity contribution in [2.75, 3.05) is 19.6 Å². The summed E-state index contributed by atoms with van der Waals surface area (Å²) < 4.78 is 0. The minimum atomic E-state index is 0.126. The summed E-state index contributed by atoms with van der Waals surface area (Å²) >= 11 is 12.1. The van der Waals surface area contributed by atoms with E-state index in [0.29, 0.717) is 5.02 Å². The maximum absolute atomic E-state index is 6.15. The van der Waals surface area contributed by atoms with E-state index in [0.717, 1.165) is 43.1 Å². The second-order valence-corrected chi connectivity index (χ2v) is 5.36. The molecule has 1 unspecified atom stereocenters. The lowest BCUT2D eigenvalue weighted by atomic mass is 10.0. The van der Waals surface area contributed by atoms with Gasteiger partial charge in [-0.25, -0.2) is 0 Å². The van der Waals surface area contributed by atoms with E-state index in [2.05, 4.69) is 18.7 Å². The summed E-state index contributed by atoms with van der Waals surface area (Å²) in [6, 6.07) is 5.66. The van der Waals surface area contributed by atoms with Crippen molar-refractivity contribution in [3.63, 3.8) is 0 Å². The van der Waals surface area contributed by atoms with Crippen LogP contribution in [0, 0.1) is 0 Å². The third-order valence-electron chi connectivity index (χ3n) is 3.20. The summed E-state index contributed by atoms with van der Waals surface area (Å²) in [4.78, 5) is 2.37. The largest absolute Gasteiger partial charge is 0.327 e. The molecule has 102 valence electrons. The quantitative estimate of drug-likeness (QED) is 0.831. The molecule has 0 radical (unpaired) electrons. The van der Waals surface area contributed by atoms with Gasteiger partial charge in [0.25, 0.3) is 0 Å². The van der Waals surface area contributed by atoms with E-state index in [1.54, 1.807) is 6.07 Å². The van der Waals surface area contributed by atoms with E-state index in [1.807, 2.05) is 12.1 Å². The van der Waals surface area contributed by atoms with Gasteiger partial charge in [-0.05, 0) is 56.2 Å². The first-order chi connectivity index (χ1) is 8.56. The van der Waals surface area contributed by atoms with Crippen molar-refractivity contribution >= 4 is 23.2 Å². The summed E-state index contributed by atoms with van der Waals surface area (Å²) in [5, 5.41) is 1.46. The molecular formula is C14H22Cl2N2. The predicted octanol–water partition coefficient (Wildman–Crippen LogP) is 3.60. The molecule has 1 aromatic rings. The highest BCUT2D eigenvalue weighted by Crippen LogP contribution is 2.22. The number of rotatable bonds is 7. The summed E-state index contributed by atoms with van der Waals surface area (Å²) in [7, 11) is 0. The van der Waals surface area contributed by atoms with Crippen LogP contribution in [0.5, 0.6) is 0 Å². The SMILES string of the molecule is CCN(CC)CCC(N)Cc1cc(Cl)ccc1Cl. The molecule has 0 aliphatic rings. The fourth-order valence-electron chi connectivity index (χ4n) is 1.97. The summed E-state index contributed by atoms with van der Waals surface area (Å²) in [6.07, 6.45) is 1.76. The number of nitrogens with zero attached hydrogens (tertiary/aromatic N) is 1. The molecule has 2 N–H and O–H groups in total. The van der Waals surface area contributed by atoms with Gasteiger partial charge >= 0.3 is 0 Å². The molecule has 1 atom stereocenters. The molecule has 0 heterocycles. The normalized spacial score (nSPS) is 13.0. The van der Waals surface area contributed by atoms with E-state index in [4.69, 9.17) is 28.9 Å². The highest BCUT2D eigenvalue weighted by Gasteiger charge is 2.09. The number of halogens is 2. The van der Waals surface area contributed by atoms with Gasteiger partial charge in [0.1, 0.15) is 0 Å². The molecule has 0 spiro atoms. The lowest BCUT2D eigenvalue weighted by molar-refractivity contribution is 0.290. The van der Waals surface area contributed by atoms with Gasteiger partial charge in [0.05, 0.1) is 0 Å². The van der Waals surface area contributed by atoms with Crippen molar-refractivity contribution in [3.05, 3.63) is 33.8 Å². The number of nitrogens with two attached hydrogens (primary N) is 1. The maximum Gasteiger partial charge on any atom is 0.0439 e. The van der Waals surface area contributed by atoms with Crippen LogP contribution < -0.4 is 5.73 Å². The number of benzene rings is 1. The molecule has 18 heavy (non-hydrogen) atoms. The summed E-state index contributed by atoms with van der Waals surface area (Å²) in [6.45, 7) is 7.51. The maximum atomic E-state index is 6.15. The Morgan fingerprint density at radius 2 is 1.89 bits per heavy atom. The van der Waals surface area contributed by atoms with Crippen molar-refractivity contribution in [3.8, 4) is 0 Å². The van der Waals surface area contributed by atoms with Crippen molar-refractivity contribution in [1.82, 2.24) is 4.90 Å². The van der Waals surface area contributed by atoms with Gasteiger partial charge in [0.2, 0.25) is 0 Å². The van der Waals surface area contributed by atoms with Crippen LogP contribution in [0.4, 0.5) is 0 Å². The molecule has 0 aromatic heterocycles. The standard InChI is InChI=1S/C14H22Cl2N2/c1-3-18(4-2)8-7-13(17)10-11-9-12(15)5-6-14(11)16/h5-6,9,13H,3-4,7-8,10,17H2,1-2H3. The van der Waals surface area contributed by atoms with Crippen LogP contribution >= 0.6 is 23.2 Å². The molecule has 0 saturated carbocycles. The van der Waals surface area contributed by atoms with Gasteiger partial charge in [0.15, 0.2) is 0 Å². The molecule has 0 fully saturated rings. The average molecular weight is 289 g/mol. The van der Waals surface area contributed by atoms with Gasteiger partial charge in [-0.3, -0.25) is 0 Å². The van der Waals surface area contributed by atoms with Crippen LogP contribution in [0.2, 0.25) is 10.0 Å². The Labute approximate surface area is 120 Å². The Hall–Kier alpha value is -0.280. The van der Waals surface area contributed by atoms with Crippen molar-refractivity contribution in [1.29, 1.82) is 0 Å². The average Bonchev–Trinajstić information content (AvgIpc) is 2.35. The lowest BCUT2D eigenvalue weighted by Gasteiger charge is -2.20.